The van der Waals surface area contributed by atoms with Gasteiger partial charge in [0, 0.05) is 6.20 Å². The number of aliphatic hydroxyl groups excluding tert-OH is 1. The molecule has 1 fully saturated rings. The Hall–Kier alpha value is -0.850. The summed E-state index contributed by atoms with van der Waals surface area (Å²) in [6.45, 7) is 2.56. The molecule has 12 nitrogen and oxygen atoms in total. The maximum atomic E-state index is 14.6. The molecule has 0 aliphatic carbocycles. The highest BCUT2D eigenvalue weighted by atomic mass is 35.5. The summed E-state index contributed by atoms with van der Waals surface area (Å²) in [5, 5.41) is 10.2. The molecule has 0 amide bonds. The van der Waals surface area contributed by atoms with Crippen molar-refractivity contribution in [3.05, 3.63) is 24.7 Å². The van der Waals surface area contributed by atoms with Crippen LogP contribution in [0.25, 0.3) is 0 Å². The topological polar surface area (TPSA) is 184 Å². The lowest BCUT2D eigenvalue weighted by atomic mass is 9.99. The SMILES string of the molecule is C=C1N=C(N)C=CN1[C@@H]1O[C@](CCl)(COP(=O)(O)OP(=O)(O)O)[C@@H](O)[C@H]1F. The highest BCUT2D eigenvalue weighted by Gasteiger charge is 2.58. The molecule has 2 aliphatic rings. The molecule has 0 saturated carbocycles. The Bertz CT molecular complexity index is 761. The smallest absolute Gasteiger partial charge is 0.387 e. The second kappa shape index (κ2) is 7.88. The van der Waals surface area contributed by atoms with Crippen molar-refractivity contribution in [2.45, 2.75) is 24.1 Å². The third-order valence-electron chi connectivity index (χ3n) is 3.61. The molecule has 1 unspecified atom stereocenters. The minimum Gasteiger partial charge on any atom is -0.387 e. The molecule has 2 heterocycles. The fourth-order valence-corrected chi connectivity index (χ4v) is 4.31. The van der Waals surface area contributed by atoms with E-state index < -0.39 is 52.2 Å². The molecule has 0 spiro atoms. The molecule has 0 aromatic carbocycles. The fraction of sp³-hybridized carbons (Fsp3) is 0.545. The van der Waals surface area contributed by atoms with Crippen LogP contribution in [0.5, 0.6) is 0 Å². The van der Waals surface area contributed by atoms with Gasteiger partial charge in [-0.05, 0) is 6.08 Å². The van der Waals surface area contributed by atoms with E-state index in [0.717, 1.165) is 4.90 Å². The van der Waals surface area contributed by atoms with Gasteiger partial charge >= 0.3 is 15.6 Å². The lowest BCUT2D eigenvalue weighted by Gasteiger charge is -2.32. The Morgan fingerprint density at radius 3 is 2.63 bits per heavy atom. The molecule has 0 radical (unpaired) electrons. The van der Waals surface area contributed by atoms with Crippen molar-refractivity contribution in [3.8, 4) is 0 Å². The number of phosphoric ester groups is 1. The van der Waals surface area contributed by atoms with Crippen LogP contribution < -0.4 is 5.73 Å². The first-order valence-corrected chi connectivity index (χ1v) is 10.7. The molecule has 5 atom stereocenters. The van der Waals surface area contributed by atoms with Gasteiger partial charge in [0.15, 0.2) is 12.4 Å². The van der Waals surface area contributed by atoms with Crippen molar-refractivity contribution in [2.24, 2.45) is 10.7 Å². The third-order valence-corrected chi connectivity index (χ3v) is 6.20. The lowest BCUT2D eigenvalue weighted by Crippen LogP contribution is -2.47. The van der Waals surface area contributed by atoms with Crippen LogP contribution in [0.15, 0.2) is 29.7 Å². The van der Waals surface area contributed by atoms with Gasteiger partial charge in [-0.3, -0.25) is 4.52 Å². The van der Waals surface area contributed by atoms with Crippen LogP contribution >= 0.6 is 27.2 Å². The first-order chi connectivity index (χ1) is 12.3. The van der Waals surface area contributed by atoms with E-state index in [-0.39, 0.29) is 11.7 Å². The average Bonchev–Trinajstić information content (AvgIpc) is 2.76. The summed E-state index contributed by atoms with van der Waals surface area (Å²) >= 11 is 5.75. The van der Waals surface area contributed by atoms with Gasteiger partial charge in [0.1, 0.15) is 23.4 Å². The molecule has 0 bridgehead atoms. The Balaban J connectivity index is 2.17. The quantitative estimate of drug-likeness (QED) is 0.257. The average molecular weight is 452 g/mol. The van der Waals surface area contributed by atoms with E-state index >= 15 is 0 Å². The Labute approximate surface area is 157 Å². The summed E-state index contributed by atoms with van der Waals surface area (Å²) < 4.78 is 50.4. The third kappa shape index (κ3) is 5.15. The van der Waals surface area contributed by atoms with Crippen LogP contribution in [0.2, 0.25) is 0 Å². The molecular formula is C11H17ClFN3O9P2. The largest absolute Gasteiger partial charge is 0.481 e. The number of nitrogens with two attached hydrogens (primary N) is 1. The van der Waals surface area contributed by atoms with E-state index in [1.807, 2.05) is 0 Å². The van der Waals surface area contributed by atoms with Gasteiger partial charge in [-0.25, -0.2) is 18.5 Å². The van der Waals surface area contributed by atoms with Crippen LogP contribution in [0.4, 0.5) is 4.39 Å². The minimum atomic E-state index is -5.36. The van der Waals surface area contributed by atoms with Crippen LogP contribution in [0, 0.1) is 0 Å². The molecule has 154 valence electrons. The molecule has 6 N–H and O–H groups in total. The number of hydrogen-bond donors (Lipinski definition) is 5. The van der Waals surface area contributed by atoms with Crippen LogP contribution in [-0.4, -0.2) is 67.1 Å². The Morgan fingerprint density at radius 1 is 1.48 bits per heavy atom. The molecule has 2 rings (SSSR count). The number of amidine groups is 1. The van der Waals surface area contributed by atoms with Gasteiger partial charge in [0.2, 0.25) is 0 Å². The van der Waals surface area contributed by atoms with Crippen molar-refractivity contribution in [3.63, 3.8) is 0 Å². The van der Waals surface area contributed by atoms with Gasteiger partial charge in [-0.1, -0.05) is 6.58 Å². The minimum absolute atomic E-state index is 0.00111. The Morgan fingerprint density at radius 2 is 2.11 bits per heavy atom. The van der Waals surface area contributed by atoms with Crippen molar-refractivity contribution in [1.82, 2.24) is 4.90 Å². The first kappa shape index (κ1) is 22.4. The van der Waals surface area contributed by atoms with Crippen LogP contribution in [0.1, 0.15) is 0 Å². The van der Waals surface area contributed by atoms with Gasteiger partial charge in [-0.2, -0.15) is 4.31 Å². The monoisotopic (exact) mass is 451 g/mol. The van der Waals surface area contributed by atoms with Crippen molar-refractivity contribution >= 4 is 33.1 Å². The predicted molar refractivity (Wildman–Crippen MR) is 89.9 cm³/mol. The van der Waals surface area contributed by atoms with Crippen molar-refractivity contribution < 1.29 is 46.9 Å². The van der Waals surface area contributed by atoms with E-state index in [0.29, 0.717) is 0 Å². The number of aliphatic hydroxyl groups is 1. The van der Waals surface area contributed by atoms with E-state index in [2.05, 4.69) is 20.4 Å². The summed E-state index contributed by atoms with van der Waals surface area (Å²) in [5.41, 5.74) is 3.45. The van der Waals surface area contributed by atoms with Gasteiger partial charge in [0.05, 0.1) is 12.5 Å². The Kier molecular flexibility index (Phi) is 6.55. The number of hydrogen-bond acceptors (Lipinski definition) is 9. The van der Waals surface area contributed by atoms with E-state index in [4.69, 9.17) is 31.9 Å². The molecule has 2 aliphatic heterocycles. The molecule has 0 aromatic rings. The lowest BCUT2D eigenvalue weighted by molar-refractivity contribution is -0.119. The highest BCUT2D eigenvalue weighted by Crippen LogP contribution is 2.58. The standard InChI is InChI=1S/C11H17ClFN3O9P2/c1-6-15-7(14)2-3-16(6)10-8(13)9(17)11(4-12,24-10)5-23-27(21,22)25-26(18,19)20/h2-3,8-10,17H,1,4-5H2,(H2,14,15)(H,21,22)(H2,18,19,20)/t8-,9+,10-,11-/m1/s1. The number of nitrogens with zero attached hydrogens (tertiary/aromatic N) is 2. The van der Waals surface area contributed by atoms with Gasteiger partial charge in [0.25, 0.3) is 0 Å². The second-order valence-corrected chi connectivity index (χ2v) is 8.68. The molecule has 27 heavy (non-hydrogen) atoms. The van der Waals surface area contributed by atoms with Gasteiger partial charge < -0.3 is 35.2 Å². The molecule has 1 saturated heterocycles. The number of halogens is 2. The second-order valence-electron chi connectivity index (χ2n) is 5.59. The van der Waals surface area contributed by atoms with Crippen molar-refractivity contribution in [2.75, 3.05) is 12.5 Å². The van der Waals surface area contributed by atoms with E-state index in [1.54, 1.807) is 0 Å². The first-order valence-electron chi connectivity index (χ1n) is 7.10. The zero-order valence-electron chi connectivity index (χ0n) is 13.5. The number of alkyl halides is 2. The fourth-order valence-electron chi connectivity index (χ4n) is 2.37. The number of aliphatic imine (C=N–C) groups is 1. The summed E-state index contributed by atoms with van der Waals surface area (Å²) in [5.74, 6) is -0.497. The number of rotatable bonds is 7. The number of phosphoric acid groups is 2. The maximum Gasteiger partial charge on any atom is 0.481 e. The molecule has 16 heteroatoms. The molecule has 0 aromatic heterocycles. The summed E-state index contributed by atoms with van der Waals surface area (Å²) in [4.78, 5) is 31.4. The summed E-state index contributed by atoms with van der Waals surface area (Å²) in [7, 11) is -10.6. The maximum absolute atomic E-state index is 14.6. The predicted octanol–water partition coefficient (Wildman–Crippen LogP) is -0.0967. The van der Waals surface area contributed by atoms with Crippen molar-refractivity contribution in [1.29, 1.82) is 0 Å². The van der Waals surface area contributed by atoms with Crippen LogP contribution in [-0.2, 0) is 22.7 Å². The normalized spacial score (nSPS) is 33.9. The summed E-state index contributed by atoms with van der Waals surface area (Å²) in [6.07, 6.45) is -2.87. The number of ether oxygens (including phenoxy) is 1. The zero-order chi connectivity index (χ0) is 20.6. The van der Waals surface area contributed by atoms with E-state index in [1.165, 1.54) is 12.3 Å². The van der Waals surface area contributed by atoms with E-state index in [9.17, 15) is 23.5 Å². The summed E-state index contributed by atoms with van der Waals surface area (Å²) in [6, 6.07) is 0. The van der Waals surface area contributed by atoms with Gasteiger partial charge in [-0.15, -0.1) is 11.6 Å². The van der Waals surface area contributed by atoms with Crippen LogP contribution in [0.3, 0.4) is 0 Å². The molecular weight excluding hydrogens is 435 g/mol. The highest BCUT2D eigenvalue weighted by molar-refractivity contribution is 7.60. The zero-order valence-corrected chi connectivity index (χ0v) is 16.0.